The number of anilines is 2. The van der Waals surface area contributed by atoms with Crippen LogP contribution in [0.15, 0.2) is 78.9 Å². The van der Waals surface area contributed by atoms with Gasteiger partial charge in [-0.05, 0) is 55.5 Å². The lowest BCUT2D eigenvalue weighted by molar-refractivity contribution is -0.127. The monoisotopic (exact) mass is 518 g/mol. The Morgan fingerprint density at radius 2 is 1.76 bits per heavy atom. The predicted octanol–water partition coefficient (Wildman–Crippen LogP) is 3.77. The Bertz CT molecular complexity index is 1320. The van der Waals surface area contributed by atoms with E-state index in [1.807, 2.05) is 6.92 Å². The van der Waals surface area contributed by atoms with Gasteiger partial charge in [0.2, 0.25) is 16.9 Å². The summed E-state index contributed by atoms with van der Waals surface area (Å²) in [6, 6.07) is 21.2. The SMILES string of the molecule is CCOc1ccccc1N1C(=O)C[C@H](C(=O)Nc2cccc(OC)c2)N(NC(=O)c2ccccc2)C1=S. The molecule has 0 saturated carbocycles. The van der Waals surface area contributed by atoms with Gasteiger partial charge in [-0.15, -0.1) is 0 Å². The van der Waals surface area contributed by atoms with Crippen LogP contribution in [0.5, 0.6) is 11.5 Å². The van der Waals surface area contributed by atoms with Crippen LogP contribution in [0.2, 0.25) is 0 Å². The summed E-state index contributed by atoms with van der Waals surface area (Å²) in [6.45, 7) is 2.21. The van der Waals surface area contributed by atoms with E-state index < -0.39 is 23.8 Å². The van der Waals surface area contributed by atoms with Gasteiger partial charge in [-0.1, -0.05) is 36.4 Å². The summed E-state index contributed by atoms with van der Waals surface area (Å²) < 4.78 is 10.9. The van der Waals surface area contributed by atoms with Crippen molar-refractivity contribution in [1.82, 2.24) is 10.4 Å². The molecule has 4 rings (SSSR count). The van der Waals surface area contributed by atoms with Gasteiger partial charge in [0.25, 0.3) is 5.91 Å². The minimum absolute atomic E-state index is 0.0570. The molecule has 9 nitrogen and oxygen atoms in total. The van der Waals surface area contributed by atoms with Gasteiger partial charge in [-0.2, -0.15) is 0 Å². The van der Waals surface area contributed by atoms with Crippen molar-refractivity contribution in [2.45, 2.75) is 19.4 Å². The molecule has 1 atom stereocenters. The number of hydrazine groups is 1. The molecule has 3 aromatic carbocycles. The number of thiocarbonyl (C=S) groups is 1. The maximum Gasteiger partial charge on any atom is 0.269 e. The lowest BCUT2D eigenvalue weighted by Gasteiger charge is -2.41. The largest absolute Gasteiger partial charge is 0.497 e. The molecule has 0 aliphatic carbocycles. The molecule has 0 spiro atoms. The lowest BCUT2D eigenvalue weighted by Crippen LogP contribution is -2.65. The second-order valence-electron chi connectivity index (χ2n) is 8.03. The number of rotatable bonds is 8. The van der Waals surface area contributed by atoms with Gasteiger partial charge in [-0.25, -0.2) is 5.01 Å². The number of hydrogen-bond donors (Lipinski definition) is 2. The van der Waals surface area contributed by atoms with Crippen molar-refractivity contribution < 1.29 is 23.9 Å². The number of nitrogens with zero attached hydrogens (tertiary/aromatic N) is 2. The third kappa shape index (κ3) is 5.70. The molecule has 0 aromatic heterocycles. The summed E-state index contributed by atoms with van der Waals surface area (Å²) in [7, 11) is 1.52. The van der Waals surface area contributed by atoms with Crippen LogP contribution in [0.25, 0.3) is 0 Å². The molecule has 0 bridgehead atoms. The third-order valence-corrected chi connectivity index (χ3v) is 6.01. The van der Waals surface area contributed by atoms with Gasteiger partial charge in [0.15, 0.2) is 0 Å². The zero-order valence-electron chi connectivity index (χ0n) is 20.3. The van der Waals surface area contributed by atoms with Crippen molar-refractivity contribution in [2.75, 3.05) is 23.9 Å². The van der Waals surface area contributed by atoms with Crippen LogP contribution in [0.3, 0.4) is 0 Å². The van der Waals surface area contributed by atoms with E-state index in [0.717, 1.165) is 0 Å². The fraction of sp³-hybridized carbons (Fsp3) is 0.185. The summed E-state index contributed by atoms with van der Waals surface area (Å²) in [4.78, 5) is 41.1. The van der Waals surface area contributed by atoms with Crippen LogP contribution < -0.4 is 25.1 Å². The molecule has 1 heterocycles. The first-order valence-electron chi connectivity index (χ1n) is 11.6. The Morgan fingerprint density at radius 1 is 1.03 bits per heavy atom. The number of ether oxygens (including phenoxy) is 2. The molecule has 37 heavy (non-hydrogen) atoms. The number of para-hydroxylation sites is 2. The van der Waals surface area contributed by atoms with Crippen molar-refractivity contribution >= 4 is 46.4 Å². The molecule has 1 saturated heterocycles. The van der Waals surface area contributed by atoms with Crippen molar-refractivity contribution in [3.8, 4) is 11.5 Å². The fourth-order valence-electron chi connectivity index (χ4n) is 3.88. The van der Waals surface area contributed by atoms with E-state index in [9.17, 15) is 14.4 Å². The molecule has 2 N–H and O–H groups in total. The Labute approximate surface area is 219 Å². The van der Waals surface area contributed by atoms with Crippen LogP contribution in [0.1, 0.15) is 23.7 Å². The van der Waals surface area contributed by atoms with Crippen LogP contribution >= 0.6 is 12.2 Å². The molecular formula is C27H26N4O5S. The Balaban J connectivity index is 1.67. The standard InChI is InChI=1S/C27H26N4O5S/c1-3-36-23-15-8-7-14-21(23)30-24(32)17-22(26(34)28-19-12-9-13-20(16-19)35-2)31(27(30)37)29-25(33)18-10-5-4-6-11-18/h4-16,22H,3,17H2,1-2H3,(H,28,34)(H,29,33)/t22-/m1/s1. The van der Waals surface area contributed by atoms with Crippen LogP contribution in [0.4, 0.5) is 11.4 Å². The first kappa shape index (κ1) is 25.6. The highest BCUT2D eigenvalue weighted by Crippen LogP contribution is 2.32. The molecule has 3 aromatic rings. The summed E-state index contributed by atoms with van der Waals surface area (Å²) in [6.07, 6.45) is -0.245. The molecular weight excluding hydrogens is 492 g/mol. The van der Waals surface area contributed by atoms with Gasteiger partial charge in [0.1, 0.15) is 17.5 Å². The number of methoxy groups -OCH3 is 1. The maximum atomic E-state index is 13.4. The first-order chi connectivity index (χ1) is 17.9. The number of benzene rings is 3. The number of hydrogen-bond acceptors (Lipinski definition) is 6. The van der Waals surface area contributed by atoms with E-state index in [0.29, 0.717) is 35.0 Å². The van der Waals surface area contributed by atoms with E-state index in [2.05, 4.69) is 10.7 Å². The Hall–Kier alpha value is -4.44. The molecule has 1 aliphatic heterocycles. The molecule has 190 valence electrons. The van der Waals surface area contributed by atoms with E-state index in [-0.39, 0.29) is 11.5 Å². The summed E-state index contributed by atoms with van der Waals surface area (Å²) in [5, 5.41) is 3.99. The van der Waals surface area contributed by atoms with Crippen molar-refractivity contribution in [1.29, 1.82) is 0 Å². The number of carbonyl (C=O) groups excluding carboxylic acids is 3. The third-order valence-electron chi connectivity index (χ3n) is 5.63. The summed E-state index contributed by atoms with van der Waals surface area (Å²) in [5.41, 5.74) is 3.99. The molecule has 10 heteroatoms. The van der Waals surface area contributed by atoms with Crippen molar-refractivity contribution in [2.24, 2.45) is 0 Å². The topological polar surface area (TPSA) is 100 Å². The molecule has 3 amide bonds. The van der Waals surface area contributed by atoms with E-state index in [1.165, 1.54) is 17.0 Å². The average Bonchev–Trinajstić information content (AvgIpc) is 2.91. The lowest BCUT2D eigenvalue weighted by atomic mass is 10.1. The highest BCUT2D eigenvalue weighted by molar-refractivity contribution is 7.80. The van der Waals surface area contributed by atoms with Gasteiger partial charge < -0.3 is 14.8 Å². The molecule has 0 radical (unpaired) electrons. The quantitative estimate of drug-likeness (QED) is 0.438. The van der Waals surface area contributed by atoms with Crippen LogP contribution in [-0.2, 0) is 9.59 Å². The first-order valence-corrected chi connectivity index (χ1v) is 12.0. The Morgan fingerprint density at radius 3 is 2.49 bits per heavy atom. The minimum Gasteiger partial charge on any atom is -0.497 e. The zero-order chi connectivity index (χ0) is 26.4. The zero-order valence-corrected chi connectivity index (χ0v) is 21.2. The maximum absolute atomic E-state index is 13.4. The van der Waals surface area contributed by atoms with E-state index in [1.54, 1.807) is 78.9 Å². The van der Waals surface area contributed by atoms with Gasteiger partial charge in [0.05, 0.1) is 25.8 Å². The van der Waals surface area contributed by atoms with E-state index >= 15 is 0 Å². The van der Waals surface area contributed by atoms with Crippen molar-refractivity contribution in [3.05, 3.63) is 84.4 Å². The van der Waals surface area contributed by atoms with Gasteiger partial charge >= 0.3 is 0 Å². The number of nitrogens with one attached hydrogen (secondary N) is 2. The number of amides is 3. The highest BCUT2D eigenvalue weighted by atomic mass is 32.1. The smallest absolute Gasteiger partial charge is 0.269 e. The second kappa shape index (κ2) is 11.5. The number of carbonyl (C=O) groups is 3. The van der Waals surface area contributed by atoms with Crippen molar-refractivity contribution in [3.63, 3.8) is 0 Å². The highest BCUT2D eigenvalue weighted by Gasteiger charge is 2.42. The molecule has 0 unspecified atom stereocenters. The van der Waals surface area contributed by atoms with Gasteiger partial charge in [-0.3, -0.25) is 24.7 Å². The van der Waals surface area contributed by atoms with E-state index in [4.69, 9.17) is 21.7 Å². The average molecular weight is 519 g/mol. The summed E-state index contributed by atoms with van der Waals surface area (Å²) in [5.74, 6) is -0.395. The molecule has 1 fully saturated rings. The van der Waals surface area contributed by atoms with Gasteiger partial charge in [0, 0.05) is 17.3 Å². The Kier molecular flexibility index (Phi) is 7.99. The van der Waals surface area contributed by atoms with Crippen LogP contribution in [-0.4, -0.2) is 47.6 Å². The second-order valence-corrected chi connectivity index (χ2v) is 8.40. The molecule has 1 aliphatic rings. The fourth-order valence-corrected chi connectivity index (χ4v) is 4.25. The normalized spacial score (nSPS) is 15.2. The predicted molar refractivity (Wildman–Crippen MR) is 143 cm³/mol. The van der Waals surface area contributed by atoms with Crippen LogP contribution in [0, 0.1) is 0 Å². The summed E-state index contributed by atoms with van der Waals surface area (Å²) >= 11 is 5.68. The minimum atomic E-state index is -1.10.